The molecule has 144 valence electrons. The summed E-state index contributed by atoms with van der Waals surface area (Å²) < 4.78 is 38.0. The monoisotopic (exact) mass is 453 g/mol. The normalized spacial score (nSPS) is 17.9. The van der Waals surface area contributed by atoms with E-state index >= 15 is 0 Å². The number of hydrogen-bond donors (Lipinski definition) is 0. The molecule has 1 aliphatic rings. The summed E-state index contributed by atoms with van der Waals surface area (Å²) in [5.41, 5.74) is 2.11. The molecule has 0 aromatic heterocycles. The molecule has 0 N–H and O–H groups in total. The van der Waals surface area contributed by atoms with Crippen LogP contribution in [0.2, 0.25) is 0 Å². The number of nitrogens with zero attached hydrogens (tertiary/aromatic N) is 1. The number of alkyl halides is 1. The van der Waals surface area contributed by atoms with Gasteiger partial charge in [-0.3, -0.25) is 4.79 Å². The summed E-state index contributed by atoms with van der Waals surface area (Å²) in [5, 5.41) is 0. The van der Waals surface area contributed by atoms with Crippen LogP contribution in [-0.2, 0) is 16.4 Å². The predicted octanol–water partition coefficient (Wildman–Crippen LogP) is 3.16. The second kappa shape index (κ2) is 7.61. The molecule has 0 saturated carbocycles. The summed E-state index contributed by atoms with van der Waals surface area (Å²) >= 11 is 3.29. The SMILES string of the molecule is COc1cc2c(cc1OC)C(=O)C(Br)N(S(=O)(=O)c1ccc(C)cc1)CC2. The third-order valence-electron chi connectivity index (χ3n) is 4.57. The molecule has 0 bridgehead atoms. The Balaban J connectivity index is 2.03. The van der Waals surface area contributed by atoms with Crippen molar-refractivity contribution in [3.63, 3.8) is 0 Å². The van der Waals surface area contributed by atoms with Gasteiger partial charge in [0.05, 0.1) is 19.1 Å². The van der Waals surface area contributed by atoms with E-state index in [1.165, 1.54) is 18.5 Å². The second-order valence-corrected chi connectivity index (χ2v) is 9.00. The van der Waals surface area contributed by atoms with Crippen LogP contribution in [0.4, 0.5) is 0 Å². The topological polar surface area (TPSA) is 72.9 Å². The van der Waals surface area contributed by atoms with Crippen molar-refractivity contribution in [1.82, 2.24) is 4.31 Å². The van der Waals surface area contributed by atoms with Gasteiger partial charge >= 0.3 is 0 Å². The van der Waals surface area contributed by atoms with Gasteiger partial charge < -0.3 is 9.47 Å². The van der Waals surface area contributed by atoms with E-state index in [-0.39, 0.29) is 17.2 Å². The van der Waals surface area contributed by atoms with Crippen molar-refractivity contribution in [2.24, 2.45) is 0 Å². The van der Waals surface area contributed by atoms with E-state index in [1.54, 1.807) is 36.4 Å². The van der Waals surface area contributed by atoms with E-state index in [1.807, 2.05) is 6.92 Å². The molecule has 0 saturated heterocycles. The number of fused-ring (bicyclic) bond motifs is 1. The number of aryl methyl sites for hydroxylation is 1. The maximum atomic E-state index is 13.1. The van der Waals surface area contributed by atoms with Crippen molar-refractivity contribution in [3.8, 4) is 11.5 Å². The Morgan fingerprint density at radius 2 is 1.67 bits per heavy atom. The molecule has 1 atom stereocenters. The summed E-state index contributed by atoms with van der Waals surface area (Å²) in [7, 11) is -0.821. The zero-order valence-electron chi connectivity index (χ0n) is 15.2. The summed E-state index contributed by atoms with van der Waals surface area (Å²) in [5.74, 6) is 0.600. The molecule has 6 nitrogen and oxygen atoms in total. The van der Waals surface area contributed by atoms with E-state index in [0.717, 1.165) is 11.1 Å². The largest absolute Gasteiger partial charge is 0.493 e. The highest BCUT2D eigenvalue weighted by atomic mass is 79.9. The maximum Gasteiger partial charge on any atom is 0.244 e. The van der Waals surface area contributed by atoms with Gasteiger partial charge in [-0.25, -0.2) is 8.42 Å². The van der Waals surface area contributed by atoms with Crippen molar-refractivity contribution in [3.05, 3.63) is 53.1 Å². The van der Waals surface area contributed by atoms with Gasteiger partial charge in [0.1, 0.15) is 4.95 Å². The number of sulfonamides is 1. The zero-order valence-corrected chi connectivity index (χ0v) is 17.6. The Morgan fingerprint density at radius 1 is 1.07 bits per heavy atom. The van der Waals surface area contributed by atoms with Crippen LogP contribution in [-0.4, -0.2) is 44.2 Å². The number of Topliss-reactive ketones (excluding diaryl/α,β-unsaturated/α-hetero) is 1. The maximum absolute atomic E-state index is 13.1. The number of methoxy groups -OCH3 is 2. The van der Waals surface area contributed by atoms with Crippen LogP contribution in [0.3, 0.4) is 0 Å². The lowest BCUT2D eigenvalue weighted by molar-refractivity contribution is 0.0957. The van der Waals surface area contributed by atoms with Crippen LogP contribution in [0.25, 0.3) is 0 Å². The molecule has 1 aliphatic heterocycles. The van der Waals surface area contributed by atoms with Gasteiger partial charge in [0.15, 0.2) is 17.3 Å². The first kappa shape index (κ1) is 19.9. The van der Waals surface area contributed by atoms with Crippen molar-refractivity contribution in [1.29, 1.82) is 0 Å². The van der Waals surface area contributed by atoms with Crippen molar-refractivity contribution in [2.75, 3.05) is 20.8 Å². The van der Waals surface area contributed by atoms with Gasteiger partial charge in [0, 0.05) is 12.1 Å². The molecule has 0 amide bonds. The van der Waals surface area contributed by atoms with Gasteiger partial charge in [-0.2, -0.15) is 4.31 Å². The van der Waals surface area contributed by atoms with Crippen molar-refractivity contribution < 1.29 is 22.7 Å². The highest BCUT2D eigenvalue weighted by Crippen LogP contribution is 2.35. The highest BCUT2D eigenvalue weighted by Gasteiger charge is 2.38. The lowest BCUT2D eigenvalue weighted by Crippen LogP contribution is -2.40. The Morgan fingerprint density at radius 3 is 2.26 bits per heavy atom. The Kier molecular flexibility index (Phi) is 5.60. The Hall–Kier alpha value is -1.90. The minimum absolute atomic E-state index is 0.159. The molecule has 0 radical (unpaired) electrons. The number of carbonyl (C=O) groups is 1. The first-order chi connectivity index (χ1) is 12.8. The Bertz CT molecular complexity index is 972. The molecule has 27 heavy (non-hydrogen) atoms. The first-order valence-corrected chi connectivity index (χ1v) is 10.7. The van der Waals surface area contributed by atoms with Crippen molar-refractivity contribution in [2.45, 2.75) is 23.2 Å². The fourth-order valence-electron chi connectivity index (χ4n) is 3.05. The molecule has 0 aliphatic carbocycles. The molecular formula is C19H20BrNO5S. The number of hydrogen-bond acceptors (Lipinski definition) is 5. The predicted molar refractivity (Wildman–Crippen MR) is 105 cm³/mol. The minimum Gasteiger partial charge on any atom is -0.493 e. The number of ether oxygens (including phenoxy) is 2. The molecular weight excluding hydrogens is 434 g/mol. The highest BCUT2D eigenvalue weighted by molar-refractivity contribution is 9.10. The van der Waals surface area contributed by atoms with E-state index in [0.29, 0.717) is 23.5 Å². The van der Waals surface area contributed by atoms with Crippen LogP contribution in [0.5, 0.6) is 11.5 Å². The fourth-order valence-corrected chi connectivity index (χ4v) is 5.58. The smallest absolute Gasteiger partial charge is 0.244 e. The molecule has 8 heteroatoms. The number of carbonyl (C=O) groups excluding carboxylic acids is 1. The average molecular weight is 454 g/mol. The average Bonchev–Trinajstić information content (AvgIpc) is 2.78. The van der Waals surface area contributed by atoms with Gasteiger partial charge in [-0.15, -0.1) is 0 Å². The summed E-state index contributed by atoms with van der Waals surface area (Å²) in [6.45, 7) is 2.05. The van der Waals surface area contributed by atoms with Crippen LogP contribution in [0.15, 0.2) is 41.3 Å². The number of ketones is 1. The van der Waals surface area contributed by atoms with Crippen molar-refractivity contribution >= 4 is 31.7 Å². The zero-order chi connectivity index (χ0) is 19.8. The molecule has 2 aromatic carbocycles. The van der Waals surface area contributed by atoms with Crippen LogP contribution in [0, 0.1) is 6.92 Å². The van der Waals surface area contributed by atoms with Crippen LogP contribution >= 0.6 is 15.9 Å². The lowest BCUT2D eigenvalue weighted by Gasteiger charge is -2.24. The molecule has 0 fully saturated rings. The summed E-state index contributed by atoms with van der Waals surface area (Å²) in [6.07, 6.45) is 0.384. The summed E-state index contributed by atoms with van der Waals surface area (Å²) in [6, 6.07) is 9.92. The van der Waals surface area contributed by atoms with Gasteiger partial charge in [-0.1, -0.05) is 33.6 Å². The van der Waals surface area contributed by atoms with Crippen LogP contribution in [0.1, 0.15) is 21.5 Å². The fraction of sp³-hybridized carbons (Fsp3) is 0.316. The number of benzene rings is 2. The lowest BCUT2D eigenvalue weighted by atomic mass is 10.0. The molecule has 0 spiro atoms. The molecule has 1 unspecified atom stereocenters. The standard InChI is InChI=1S/C19H20BrNO5S/c1-12-4-6-14(7-5-12)27(23,24)21-9-8-13-10-16(25-2)17(26-3)11-15(13)18(22)19(21)20/h4-7,10-11,19H,8-9H2,1-3H3. The van der Waals surface area contributed by atoms with E-state index in [4.69, 9.17) is 9.47 Å². The molecule has 2 aromatic rings. The molecule has 1 heterocycles. The van der Waals surface area contributed by atoms with E-state index < -0.39 is 15.0 Å². The second-order valence-electron chi connectivity index (χ2n) is 6.24. The Labute approximate surface area is 167 Å². The summed E-state index contributed by atoms with van der Waals surface area (Å²) in [4.78, 5) is 12.2. The molecule has 3 rings (SSSR count). The third kappa shape index (κ3) is 3.61. The van der Waals surface area contributed by atoms with E-state index in [9.17, 15) is 13.2 Å². The van der Waals surface area contributed by atoms with Gasteiger partial charge in [-0.05, 0) is 43.2 Å². The van der Waals surface area contributed by atoms with Gasteiger partial charge in [0.2, 0.25) is 10.0 Å². The number of halogens is 1. The van der Waals surface area contributed by atoms with E-state index in [2.05, 4.69) is 15.9 Å². The van der Waals surface area contributed by atoms with Crippen LogP contribution < -0.4 is 9.47 Å². The van der Waals surface area contributed by atoms with Gasteiger partial charge in [0.25, 0.3) is 0 Å². The number of rotatable bonds is 4. The first-order valence-electron chi connectivity index (χ1n) is 8.31. The third-order valence-corrected chi connectivity index (χ3v) is 7.63. The quantitative estimate of drug-likeness (QED) is 0.524. The minimum atomic E-state index is -3.83.